The van der Waals surface area contributed by atoms with Gasteiger partial charge in [0.1, 0.15) is 0 Å². The van der Waals surface area contributed by atoms with E-state index in [2.05, 4.69) is 202 Å². The lowest BCUT2D eigenvalue weighted by molar-refractivity contribution is 1.25. The topological polar surface area (TPSA) is 6.48 Å². The van der Waals surface area contributed by atoms with Crippen LogP contribution in [0.5, 0.6) is 0 Å². The van der Waals surface area contributed by atoms with Gasteiger partial charge in [0.15, 0.2) is 0 Å². The third kappa shape index (κ3) is 5.47. The maximum atomic E-state index is 3.90. The van der Waals surface area contributed by atoms with Crippen molar-refractivity contribution in [3.05, 3.63) is 180 Å². The second-order valence-corrected chi connectivity index (χ2v) is 13.2. The van der Waals surface area contributed by atoms with Crippen molar-refractivity contribution in [3.8, 4) is 11.1 Å². The van der Waals surface area contributed by atoms with Crippen LogP contribution in [-0.2, 0) is 0 Å². The fraction of sp³-hybridized carbons (Fsp3) is 0. The Balaban J connectivity index is 1.28. The van der Waals surface area contributed by atoms with Crippen LogP contribution in [0.15, 0.2) is 180 Å². The Morgan fingerprint density at radius 3 is 1.48 bits per heavy atom. The lowest BCUT2D eigenvalue weighted by Crippen LogP contribution is -2.13. The summed E-state index contributed by atoms with van der Waals surface area (Å²) >= 11 is 5.74. The second kappa shape index (κ2) is 12.3. The molecule has 0 saturated carbocycles. The smallest absolute Gasteiger partial charge is 0.0493 e. The zero-order valence-electron chi connectivity index (χ0n) is 24.9. The molecular formula is C42H29BrN2S. The molecule has 0 aliphatic rings. The van der Waals surface area contributed by atoms with Gasteiger partial charge in [-0.1, -0.05) is 113 Å². The number of fused-ring (bicyclic) bond motifs is 3. The van der Waals surface area contributed by atoms with E-state index in [1.807, 2.05) is 11.3 Å². The maximum Gasteiger partial charge on any atom is 0.0493 e. The third-order valence-electron chi connectivity index (χ3n) is 8.26. The standard InChI is InChI=1S/C42H29BrN2S/c43-32-26-37(44(33-14-6-2-7-15-33)35-22-20-31(21-23-35)30-12-4-1-5-13-30)28-38(27-32)45(34-16-8-3-9-17-34)36-24-25-42-40(29-36)39-18-10-11-19-41(39)46-42/h1-29H. The summed E-state index contributed by atoms with van der Waals surface area (Å²) in [6.45, 7) is 0. The average Bonchev–Trinajstić information content (AvgIpc) is 3.48. The van der Waals surface area contributed by atoms with Gasteiger partial charge in [-0.2, -0.15) is 0 Å². The van der Waals surface area contributed by atoms with Gasteiger partial charge in [0.2, 0.25) is 0 Å². The number of anilines is 6. The normalized spacial score (nSPS) is 11.2. The molecule has 0 atom stereocenters. The minimum atomic E-state index is 1.00. The monoisotopic (exact) mass is 672 g/mol. The van der Waals surface area contributed by atoms with Crippen LogP contribution in [0.4, 0.5) is 34.1 Å². The number of rotatable bonds is 7. The van der Waals surface area contributed by atoms with Crippen LogP contribution >= 0.6 is 27.3 Å². The van der Waals surface area contributed by atoms with Crippen molar-refractivity contribution in [2.75, 3.05) is 9.80 Å². The van der Waals surface area contributed by atoms with Crippen molar-refractivity contribution < 1.29 is 0 Å². The summed E-state index contributed by atoms with van der Waals surface area (Å²) in [7, 11) is 0. The molecule has 0 unspecified atom stereocenters. The molecule has 0 spiro atoms. The minimum absolute atomic E-state index is 1.00. The van der Waals surface area contributed by atoms with E-state index in [0.717, 1.165) is 38.6 Å². The van der Waals surface area contributed by atoms with E-state index < -0.39 is 0 Å². The van der Waals surface area contributed by atoms with E-state index in [0.29, 0.717) is 0 Å². The first-order chi connectivity index (χ1) is 22.7. The Morgan fingerprint density at radius 2 is 0.826 bits per heavy atom. The number of hydrogen-bond donors (Lipinski definition) is 0. The van der Waals surface area contributed by atoms with Crippen molar-refractivity contribution in [1.82, 2.24) is 0 Å². The quantitative estimate of drug-likeness (QED) is 0.166. The highest BCUT2D eigenvalue weighted by atomic mass is 79.9. The van der Waals surface area contributed by atoms with Gasteiger partial charge in [-0.15, -0.1) is 11.3 Å². The summed E-state index contributed by atoms with van der Waals surface area (Å²) in [6, 6.07) is 62.7. The Labute approximate surface area is 281 Å². The third-order valence-corrected chi connectivity index (χ3v) is 9.87. The molecule has 8 rings (SSSR count). The minimum Gasteiger partial charge on any atom is -0.310 e. The first-order valence-corrected chi connectivity index (χ1v) is 16.9. The van der Waals surface area contributed by atoms with Crippen molar-refractivity contribution in [2.45, 2.75) is 0 Å². The van der Waals surface area contributed by atoms with Gasteiger partial charge in [0.05, 0.1) is 0 Å². The van der Waals surface area contributed by atoms with Gasteiger partial charge >= 0.3 is 0 Å². The molecule has 8 aromatic rings. The van der Waals surface area contributed by atoms with Crippen LogP contribution in [0.1, 0.15) is 0 Å². The molecule has 1 heterocycles. The average molecular weight is 674 g/mol. The lowest BCUT2D eigenvalue weighted by atomic mass is 10.0. The highest BCUT2D eigenvalue weighted by Gasteiger charge is 2.19. The van der Waals surface area contributed by atoms with E-state index in [4.69, 9.17) is 0 Å². The lowest BCUT2D eigenvalue weighted by Gasteiger charge is -2.30. The van der Waals surface area contributed by atoms with Crippen molar-refractivity contribution >= 4 is 81.6 Å². The highest BCUT2D eigenvalue weighted by Crippen LogP contribution is 2.44. The molecular weight excluding hydrogens is 644 g/mol. The molecule has 0 aliphatic carbocycles. The van der Waals surface area contributed by atoms with Crippen LogP contribution in [0.25, 0.3) is 31.3 Å². The number of nitrogens with zero attached hydrogens (tertiary/aromatic N) is 2. The Bertz CT molecular complexity index is 2260. The van der Waals surface area contributed by atoms with E-state index in [1.54, 1.807) is 0 Å². The van der Waals surface area contributed by atoms with E-state index in [1.165, 1.54) is 31.3 Å². The molecule has 0 radical (unpaired) electrons. The highest BCUT2D eigenvalue weighted by molar-refractivity contribution is 9.10. The van der Waals surface area contributed by atoms with Crippen molar-refractivity contribution in [2.24, 2.45) is 0 Å². The summed E-state index contributed by atoms with van der Waals surface area (Å²) in [4.78, 5) is 4.67. The molecule has 0 saturated heterocycles. The zero-order chi connectivity index (χ0) is 30.9. The molecule has 1 aromatic heterocycles. The molecule has 0 fully saturated rings. The van der Waals surface area contributed by atoms with E-state index in [-0.39, 0.29) is 0 Å². The maximum absolute atomic E-state index is 3.90. The Morgan fingerprint density at radius 1 is 0.348 bits per heavy atom. The molecule has 0 aliphatic heterocycles. The first kappa shape index (κ1) is 28.3. The molecule has 4 heteroatoms. The van der Waals surface area contributed by atoms with Gasteiger partial charge in [-0.25, -0.2) is 0 Å². The second-order valence-electron chi connectivity index (χ2n) is 11.2. The fourth-order valence-corrected chi connectivity index (χ4v) is 7.71. The van der Waals surface area contributed by atoms with Crippen molar-refractivity contribution in [1.29, 1.82) is 0 Å². The predicted octanol–water partition coefficient (Wildman–Crippen LogP) is 13.4. The summed E-state index contributed by atoms with van der Waals surface area (Å²) in [5, 5.41) is 2.57. The summed E-state index contributed by atoms with van der Waals surface area (Å²) in [5.41, 5.74) is 8.93. The van der Waals surface area contributed by atoms with Crippen LogP contribution in [0, 0.1) is 0 Å². The molecule has 220 valence electrons. The number of thiophene rings is 1. The summed E-state index contributed by atoms with van der Waals surface area (Å²) < 4.78 is 3.61. The zero-order valence-corrected chi connectivity index (χ0v) is 27.3. The van der Waals surface area contributed by atoms with Crippen LogP contribution in [0.2, 0.25) is 0 Å². The number of hydrogen-bond acceptors (Lipinski definition) is 3. The molecule has 0 bridgehead atoms. The van der Waals surface area contributed by atoms with Crippen LogP contribution in [0.3, 0.4) is 0 Å². The van der Waals surface area contributed by atoms with E-state index in [9.17, 15) is 0 Å². The van der Waals surface area contributed by atoms with Gasteiger partial charge in [-0.3, -0.25) is 0 Å². The predicted molar refractivity (Wildman–Crippen MR) is 202 cm³/mol. The molecule has 7 aromatic carbocycles. The Kier molecular flexibility index (Phi) is 7.59. The SMILES string of the molecule is Brc1cc(N(c2ccccc2)c2ccc(-c3ccccc3)cc2)cc(N(c2ccccc2)c2ccc3sc4ccccc4c3c2)c1. The molecule has 0 N–H and O–H groups in total. The van der Waals surface area contributed by atoms with Gasteiger partial charge < -0.3 is 9.80 Å². The van der Waals surface area contributed by atoms with Gasteiger partial charge in [0, 0.05) is 58.8 Å². The van der Waals surface area contributed by atoms with Gasteiger partial charge in [0.25, 0.3) is 0 Å². The Hall–Kier alpha value is -5.16. The molecule has 2 nitrogen and oxygen atoms in total. The number of benzene rings is 7. The van der Waals surface area contributed by atoms with Crippen molar-refractivity contribution in [3.63, 3.8) is 0 Å². The summed E-state index contributed by atoms with van der Waals surface area (Å²) in [5.74, 6) is 0. The van der Waals surface area contributed by atoms with Crippen LogP contribution in [-0.4, -0.2) is 0 Å². The van der Waals surface area contributed by atoms with Gasteiger partial charge in [-0.05, 0) is 90.0 Å². The van der Waals surface area contributed by atoms with E-state index >= 15 is 0 Å². The summed E-state index contributed by atoms with van der Waals surface area (Å²) in [6.07, 6.45) is 0. The first-order valence-electron chi connectivity index (χ1n) is 15.3. The molecule has 0 amide bonds. The number of halogens is 1. The number of para-hydroxylation sites is 2. The largest absolute Gasteiger partial charge is 0.310 e. The van der Waals surface area contributed by atoms with Crippen LogP contribution < -0.4 is 9.80 Å². The molecule has 46 heavy (non-hydrogen) atoms. The fourth-order valence-electron chi connectivity index (χ4n) is 6.15.